The van der Waals surface area contributed by atoms with E-state index in [0.717, 1.165) is 12.0 Å². The molecule has 1 saturated heterocycles. The zero-order valence-corrected chi connectivity index (χ0v) is 9.71. The van der Waals surface area contributed by atoms with E-state index in [9.17, 15) is 0 Å². The molecule has 2 fully saturated rings. The number of aliphatic hydroxyl groups is 1. The first-order valence-corrected chi connectivity index (χ1v) is 6.41. The van der Waals surface area contributed by atoms with Crippen LogP contribution in [0.3, 0.4) is 0 Å². The van der Waals surface area contributed by atoms with Crippen LogP contribution in [0.1, 0.15) is 39.0 Å². The van der Waals surface area contributed by atoms with E-state index in [4.69, 9.17) is 5.11 Å². The van der Waals surface area contributed by atoms with Crippen molar-refractivity contribution in [2.75, 3.05) is 13.2 Å². The molecular weight excluding hydrogens is 188 g/mol. The van der Waals surface area contributed by atoms with E-state index in [-0.39, 0.29) is 12.6 Å². The first-order valence-electron chi connectivity index (χ1n) is 6.41. The van der Waals surface area contributed by atoms with Crippen molar-refractivity contribution in [3.05, 3.63) is 0 Å². The van der Waals surface area contributed by atoms with Gasteiger partial charge in [0.25, 0.3) is 0 Å². The van der Waals surface area contributed by atoms with Gasteiger partial charge in [-0.2, -0.15) is 0 Å². The van der Waals surface area contributed by atoms with Crippen molar-refractivity contribution in [2.45, 2.75) is 57.2 Å². The maximum absolute atomic E-state index is 9.07. The fourth-order valence-electron chi connectivity index (χ4n) is 3.17. The molecule has 0 amide bonds. The summed E-state index contributed by atoms with van der Waals surface area (Å²) in [6.07, 6.45) is 6.67. The summed E-state index contributed by atoms with van der Waals surface area (Å²) in [5.74, 6) is 0.793. The van der Waals surface area contributed by atoms with Crippen LogP contribution in [0.2, 0.25) is 0 Å². The summed E-state index contributed by atoms with van der Waals surface area (Å²) in [7, 11) is 0. The number of nitrogens with one attached hydrogen (secondary N) is 2. The Kier molecular flexibility index (Phi) is 4.00. The molecule has 3 N–H and O–H groups in total. The lowest BCUT2D eigenvalue weighted by atomic mass is 9.93. The second-order valence-corrected chi connectivity index (χ2v) is 5.15. The van der Waals surface area contributed by atoms with E-state index in [1.807, 2.05) is 0 Å². The van der Waals surface area contributed by atoms with Crippen LogP contribution in [0.25, 0.3) is 0 Å². The molecular formula is C12H24N2O. The molecule has 4 unspecified atom stereocenters. The standard InChI is InChI=1S/C12H24N2O/c1-9(8-15)14-12-5-2-4-10(12)11-6-3-7-13-11/h9-15H,2-8H2,1H3. The van der Waals surface area contributed by atoms with Crippen LogP contribution in [0.15, 0.2) is 0 Å². The highest BCUT2D eigenvalue weighted by atomic mass is 16.3. The van der Waals surface area contributed by atoms with Crippen molar-refractivity contribution in [3.63, 3.8) is 0 Å². The molecule has 4 atom stereocenters. The lowest BCUT2D eigenvalue weighted by Crippen LogP contribution is -2.46. The molecule has 0 radical (unpaired) electrons. The van der Waals surface area contributed by atoms with E-state index in [0.29, 0.717) is 6.04 Å². The molecule has 0 aromatic heterocycles. The number of hydrogen-bond donors (Lipinski definition) is 3. The second-order valence-electron chi connectivity index (χ2n) is 5.15. The number of rotatable bonds is 4. The Balaban J connectivity index is 1.86. The average Bonchev–Trinajstić information content (AvgIpc) is 2.86. The third-order valence-corrected chi connectivity index (χ3v) is 3.96. The molecule has 0 aromatic rings. The molecule has 15 heavy (non-hydrogen) atoms. The Labute approximate surface area is 92.6 Å². The van der Waals surface area contributed by atoms with Gasteiger partial charge in [-0.3, -0.25) is 0 Å². The normalized spacial score (nSPS) is 38.4. The molecule has 2 aliphatic rings. The van der Waals surface area contributed by atoms with Crippen LogP contribution in [-0.4, -0.2) is 36.4 Å². The highest BCUT2D eigenvalue weighted by molar-refractivity contribution is 4.93. The van der Waals surface area contributed by atoms with Gasteiger partial charge >= 0.3 is 0 Å². The first-order chi connectivity index (χ1) is 7.31. The lowest BCUT2D eigenvalue weighted by molar-refractivity contribution is 0.220. The lowest BCUT2D eigenvalue weighted by Gasteiger charge is -2.28. The number of hydrogen-bond acceptors (Lipinski definition) is 3. The van der Waals surface area contributed by atoms with E-state index in [1.54, 1.807) is 0 Å². The Hall–Kier alpha value is -0.120. The van der Waals surface area contributed by atoms with Crippen LogP contribution in [0.5, 0.6) is 0 Å². The fourth-order valence-corrected chi connectivity index (χ4v) is 3.17. The monoisotopic (exact) mass is 212 g/mol. The molecule has 1 saturated carbocycles. The molecule has 1 aliphatic heterocycles. The van der Waals surface area contributed by atoms with Gasteiger partial charge in [0.05, 0.1) is 6.61 Å². The molecule has 88 valence electrons. The summed E-state index contributed by atoms with van der Waals surface area (Å²) in [6.45, 7) is 3.52. The van der Waals surface area contributed by atoms with Gasteiger partial charge < -0.3 is 15.7 Å². The topological polar surface area (TPSA) is 44.3 Å². The van der Waals surface area contributed by atoms with Gasteiger partial charge in [-0.15, -0.1) is 0 Å². The summed E-state index contributed by atoms with van der Waals surface area (Å²) in [4.78, 5) is 0. The third-order valence-electron chi connectivity index (χ3n) is 3.96. The molecule has 0 spiro atoms. The van der Waals surface area contributed by atoms with E-state index < -0.39 is 0 Å². The Morgan fingerprint density at radius 3 is 2.87 bits per heavy atom. The van der Waals surface area contributed by atoms with Crippen molar-refractivity contribution in [3.8, 4) is 0 Å². The Morgan fingerprint density at radius 1 is 1.33 bits per heavy atom. The van der Waals surface area contributed by atoms with Crippen LogP contribution < -0.4 is 10.6 Å². The fraction of sp³-hybridized carbons (Fsp3) is 1.00. The predicted octanol–water partition coefficient (Wildman–Crippen LogP) is 0.877. The van der Waals surface area contributed by atoms with E-state index >= 15 is 0 Å². The van der Waals surface area contributed by atoms with Gasteiger partial charge in [0, 0.05) is 18.1 Å². The summed E-state index contributed by atoms with van der Waals surface area (Å²) in [5, 5.41) is 16.3. The predicted molar refractivity (Wildman–Crippen MR) is 61.8 cm³/mol. The minimum Gasteiger partial charge on any atom is -0.395 e. The van der Waals surface area contributed by atoms with Crippen LogP contribution in [0.4, 0.5) is 0 Å². The van der Waals surface area contributed by atoms with Crippen molar-refractivity contribution in [1.82, 2.24) is 10.6 Å². The largest absolute Gasteiger partial charge is 0.395 e. The van der Waals surface area contributed by atoms with Crippen molar-refractivity contribution < 1.29 is 5.11 Å². The summed E-state index contributed by atoms with van der Waals surface area (Å²) in [5.41, 5.74) is 0. The maximum atomic E-state index is 9.07. The molecule has 3 heteroatoms. The van der Waals surface area contributed by atoms with Crippen molar-refractivity contribution in [1.29, 1.82) is 0 Å². The third kappa shape index (κ3) is 2.71. The van der Waals surface area contributed by atoms with Gasteiger partial charge in [-0.05, 0) is 45.1 Å². The van der Waals surface area contributed by atoms with Crippen molar-refractivity contribution >= 4 is 0 Å². The first kappa shape index (κ1) is 11.4. The summed E-state index contributed by atoms with van der Waals surface area (Å²) < 4.78 is 0. The van der Waals surface area contributed by atoms with Gasteiger partial charge in [0.1, 0.15) is 0 Å². The van der Waals surface area contributed by atoms with E-state index in [1.165, 1.54) is 38.6 Å². The van der Waals surface area contributed by atoms with Gasteiger partial charge in [0.15, 0.2) is 0 Å². The quantitative estimate of drug-likeness (QED) is 0.648. The molecule has 1 heterocycles. The molecule has 3 nitrogen and oxygen atoms in total. The van der Waals surface area contributed by atoms with Crippen molar-refractivity contribution in [2.24, 2.45) is 5.92 Å². The zero-order valence-electron chi connectivity index (χ0n) is 9.71. The van der Waals surface area contributed by atoms with Crippen LogP contribution >= 0.6 is 0 Å². The Morgan fingerprint density at radius 2 is 2.20 bits per heavy atom. The number of aliphatic hydroxyl groups excluding tert-OH is 1. The minimum atomic E-state index is 0.247. The molecule has 2 rings (SSSR count). The van der Waals surface area contributed by atoms with Crippen LogP contribution in [-0.2, 0) is 0 Å². The highest BCUT2D eigenvalue weighted by Gasteiger charge is 2.35. The molecule has 0 bridgehead atoms. The van der Waals surface area contributed by atoms with Gasteiger partial charge in [-0.25, -0.2) is 0 Å². The highest BCUT2D eigenvalue weighted by Crippen LogP contribution is 2.32. The minimum absolute atomic E-state index is 0.247. The summed E-state index contributed by atoms with van der Waals surface area (Å²) in [6, 6.07) is 1.61. The van der Waals surface area contributed by atoms with Gasteiger partial charge in [-0.1, -0.05) is 6.42 Å². The second kappa shape index (κ2) is 5.28. The zero-order chi connectivity index (χ0) is 10.7. The summed E-state index contributed by atoms with van der Waals surface area (Å²) >= 11 is 0. The average molecular weight is 212 g/mol. The maximum Gasteiger partial charge on any atom is 0.0582 e. The molecule has 0 aromatic carbocycles. The smallest absolute Gasteiger partial charge is 0.0582 e. The van der Waals surface area contributed by atoms with E-state index in [2.05, 4.69) is 17.6 Å². The SMILES string of the molecule is CC(CO)NC1CCCC1C1CCCN1. The van der Waals surface area contributed by atoms with Crippen LogP contribution in [0, 0.1) is 5.92 Å². The Bertz CT molecular complexity index is 192. The molecule has 1 aliphatic carbocycles. The van der Waals surface area contributed by atoms with Gasteiger partial charge in [0.2, 0.25) is 0 Å².